The number of fused-ring (bicyclic) bond motifs is 1. The van der Waals surface area contributed by atoms with E-state index in [-0.39, 0.29) is 11.5 Å². The quantitative estimate of drug-likeness (QED) is 0.870. The van der Waals surface area contributed by atoms with Gasteiger partial charge < -0.3 is 10.5 Å². The minimum Gasteiger partial charge on any atom is -0.492 e. The molecule has 1 heterocycles. The van der Waals surface area contributed by atoms with Crippen molar-refractivity contribution in [3.8, 4) is 5.75 Å². The van der Waals surface area contributed by atoms with Gasteiger partial charge in [-0.3, -0.25) is 0 Å². The molecule has 110 valence electrons. The van der Waals surface area contributed by atoms with Crippen LogP contribution in [0.15, 0.2) is 40.9 Å². The number of rotatable bonds is 2. The first-order valence-electron chi connectivity index (χ1n) is 7.17. The molecule has 0 aromatic heterocycles. The van der Waals surface area contributed by atoms with Crippen LogP contribution in [0.4, 0.5) is 0 Å². The van der Waals surface area contributed by atoms with Gasteiger partial charge in [0.2, 0.25) is 0 Å². The van der Waals surface area contributed by atoms with Crippen molar-refractivity contribution in [3.05, 3.63) is 63.1 Å². The Bertz CT molecular complexity index is 673. The minimum absolute atomic E-state index is 0.0538. The summed E-state index contributed by atoms with van der Waals surface area (Å²) >= 11 is 3.55. The fraction of sp³-hybridized carbons (Fsp3) is 0.333. The van der Waals surface area contributed by atoms with Crippen molar-refractivity contribution >= 4 is 15.9 Å². The van der Waals surface area contributed by atoms with E-state index < -0.39 is 0 Å². The molecule has 2 aromatic carbocycles. The molecule has 1 aliphatic heterocycles. The van der Waals surface area contributed by atoms with Crippen LogP contribution in [0, 0.1) is 6.92 Å². The van der Waals surface area contributed by atoms with Crippen LogP contribution >= 0.6 is 15.9 Å². The van der Waals surface area contributed by atoms with Crippen molar-refractivity contribution in [2.24, 2.45) is 5.73 Å². The molecule has 1 unspecified atom stereocenters. The van der Waals surface area contributed by atoms with Crippen molar-refractivity contribution in [1.82, 2.24) is 0 Å². The number of nitrogens with two attached hydrogens (primary N) is 1. The molecule has 3 heteroatoms. The highest BCUT2D eigenvalue weighted by Crippen LogP contribution is 2.40. The first kappa shape index (κ1) is 14.6. The van der Waals surface area contributed by atoms with Crippen molar-refractivity contribution in [2.75, 3.05) is 6.61 Å². The lowest BCUT2D eigenvalue weighted by Crippen LogP contribution is -2.19. The summed E-state index contributed by atoms with van der Waals surface area (Å²) in [5, 5.41) is 0. The molecule has 0 saturated heterocycles. The normalized spacial score (nSPS) is 17.2. The van der Waals surface area contributed by atoms with Gasteiger partial charge in [0.25, 0.3) is 0 Å². The van der Waals surface area contributed by atoms with E-state index in [2.05, 4.69) is 67.0 Å². The van der Waals surface area contributed by atoms with Crippen LogP contribution in [0.3, 0.4) is 0 Å². The van der Waals surface area contributed by atoms with Crippen LogP contribution < -0.4 is 10.5 Å². The maximum Gasteiger partial charge on any atom is 0.123 e. The Morgan fingerprint density at radius 2 is 1.90 bits per heavy atom. The smallest absolute Gasteiger partial charge is 0.123 e. The largest absolute Gasteiger partial charge is 0.492 e. The molecular weight excluding hydrogens is 326 g/mol. The fourth-order valence-corrected chi connectivity index (χ4v) is 3.49. The van der Waals surface area contributed by atoms with E-state index in [0.29, 0.717) is 0 Å². The highest BCUT2D eigenvalue weighted by Gasteiger charge is 2.32. The van der Waals surface area contributed by atoms with Gasteiger partial charge in [0.1, 0.15) is 5.75 Å². The van der Waals surface area contributed by atoms with Crippen LogP contribution in [-0.2, 0) is 5.41 Å². The molecule has 0 radical (unpaired) electrons. The Labute approximate surface area is 134 Å². The fourth-order valence-electron chi connectivity index (χ4n) is 2.87. The average Bonchev–Trinajstić information content (AvgIpc) is 2.72. The predicted molar refractivity (Wildman–Crippen MR) is 89.9 cm³/mol. The lowest BCUT2D eigenvalue weighted by Gasteiger charge is -2.19. The summed E-state index contributed by atoms with van der Waals surface area (Å²) in [6.45, 7) is 7.23. The van der Waals surface area contributed by atoms with Crippen molar-refractivity contribution in [3.63, 3.8) is 0 Å². The summed E-state index contributed by atoms with van der Waals surface area (Å²) in [5.41, 5.74) is 11.2. The van der Waals surface area contributed by atoms with Crippen molar-refractivity contribution in [1.29, 1.82) is 0 Å². The monoisotopic (exact) mass is 345 g/mol. The van der Waals surface area contributed by atoms with Crippen molar-refractivity contribution < 1.29 is 4.74 Å². The van der Waals surface area contributed by atoms with Crippen LogP contribution in [-0.4, -0.2) is 6.61 Å². The average molecular weight is 346 g/mol. The molecular formula is C18H20BrNO. The molecule has 3 rings (SSSR count). The zero-order valence-electron chi connectivity index (χ0n) is 12.6. The Morgan fingerprint density at radius 1 is 1.14 bits per heavy atom. The van der Waals surface area contributed by atoms with Gasteiger partial charge in [-0.1, -0.05) is 41.9 Å². The van der Waals surface area contributed by atoms with Gasteiger partial charge in [0.05, 0.1) is 12.6 Å². The number of benzene rings is 2. The number of aryl methyl sites for hydroxylation is 1. The molecule has 2 nitrogen and oxygen atoms in total. The maximum absolute atomic E-state index is 6.48. The number of ether oxygens (including phenoxy) is 1. The van der Waals surface area contributed by atoms with Crippen LogP contribution in [0.5, 0.6) is 5.75 Å². The van der Waals surface area contributed by atoms with Gasteiger partial charge in [-0.05, 0) is 47.9 Å². The van der Waals surface area contributed by atoms with Gasteiger partial charge in [0, 0.05) is 15.5 Å². The predicted octanol–water partition coefficient (Wildman–Crippen LogP) is 4.48. The maximum atomic E-state index is 6.48. The minimum atomic E-state index is -0.122. The van der Waals surface area contributed by atoms with E-state index in [4.69, 9.17) is 10.5 Å². The molecule has 1 aliphatic rings. The highest BCUT2D eigenvalue weighted by molar-refractivity contribution is 9.10. The summed E-state index contributed by atoms with van der Waals surface area (Å²) in [4.78, 5) is 0. The van der Waals surface area contributed by atoms with E-state index >= 15 is 0 Å². The Hall–Kier alpha value is -1.32. The van der Waals surface area contributed by atoms with Crippen LogP contribution in [0.25, 0.3) is 0 Å². The summed E-state index contributed by atoms with van der Waals surface area (Å²) in [7, 11) is 0. The number of hydrogen-bond donors (Lipinski definition) is 1. The zero-order valence-corrected chi connectivity index (χ0v) is 14.2. The Balaban J connectivity index is 2.01. The number of hydrogen-bond acceptors (Lipinski definition) is 2. The summed E-state index contributed by atoms with van der Waals surface area (Å²) in [6, 6.07) is 12.5. The third-order valence-corrected chi connectivity index (χ3v) is 4.56. The lowest BCUT2D eigenvalue weighted by atomic mass is 9.85. The SMILES string of the molecule is Cc1cc(Br)cc(C(N)c2ccc3c(c2)C(C)(C)CO3)c1. The highest BCUT2D eigenvalue weighted by atomic mass is 79.9. The van der Waals surface area contributed by atoms with Gasteiger partial charge in [-0.25, -0.2) is 0 Å². The second-order valence-corrected chi connectivity index (χ2v) is 7.38. The molecule has 0 spiro atoms. The molecule has 21 heavy (non-hydrogen) atoms. The molecule has 0 amide bonds. The van der Waals surface area contributed by atoms with E-state index in [1.807, 2.05) is 6.07 Å². The topological polar surface area (TPSA) is 35.2 Å². The van der Waals surface area contributed by atoms with E-state index in [1.165, 1.54) is 11.1 Å². The molecule has 2 aromatic rings. The van der Waals surface area contributed by atoms with Gasteiger partial charge in [-0.15, -0.1) is 0 Å². The first-order valence-corrected chi connectivity index (χ1v) is 7.96. The second kappa shape index (κ2) is 5.15. The molecule has 2 N–H and O–H groups in total. The molecule has 0 saturated carbocycles. The molecule has 0 fully saturated rings. The lowest BCUT2D eigenvalue weighted by molar-refractivity contribution is 0.291. The Kier molecular flexibility index (Phi) is 3.58. The molecule has 1 atom stereocenters. The summed E-state index contributed by atoms with van der Waals surface area (Å²) in [5.74, 6) is 0.987. The number of halogens is 1. The summed E-state index contributed by atoms with van der Waals surface area (Å²) < 4.78 is 6.81. The third kappa shape index (κ3) is 2.72. The van der Waals surface area contributed by atoms with Crippen LogP contribution in [0.1, 0.15) is 42.1 Å². The van der Waals surface area contributed by atoms with E-state index in [0.717, 1.165) is 28.0 Å². The summed E-state index contributed by atoms with van der Waals surface area (Å²) in [6.07, 6.45) is 0. The van der Waals surface area contributed by atoms with Crippen LogP contribution in [0.2, 0.25) is 0 Å². The van der Waals surface area contributed by atoms with E-state index in [1.54, 1.807) is 0 Å². The molecule has 0 aliphatic carbocycles. The first-order chi connectivity index (χ1) is 9.87. The van der Waals surface area contributed by atoms with E-state index in [9.17, 15) is 0 Å². The van der Waals surface area contributed by atoms with Gasteiger partial charge in [-0.2, -0.15) is 0 Å². The zero-order chi connectivity index (χ0) is 15.2. The second-order valence-electron chi connectivity index (χ2n) is 6.47. The van der Waals surface area contributed by atoms with Gasteiger partial charge in [0.15, 0.2) is 0 Å². The third-order valence-electron chi connectivity index (χ3n) is 4.10. The van der Waals surface area contributed by atoms with Gasteiger partial charge >= 0.3 is 0 Å². The Morgan fingerprint density at radius 3 is 2.62 bits per heavy atom. The molecule has 0 bridgehead atoms. The van der Waals surface area contributed by atoms with Crippen molar-refractivity contribution in [2.45, 2.75) is 32.2 Å². The standard InChI is InChI=1S/C18H20BrNO/c1-11-6-13(8-14(19)7-11)17(20)12-4-5-16-15(9-12)18(2,3)10-21-16/h4-9,17H,10,20H2,1-3H3.